The zero-order chi connectivity index (χ0) is 14.0. The average molecular weight is 258 g/mol. The van der Waals surface area contributed by atoms with Gasteiger partial charge in [-0.15, -0.1) is 0 Å². The Morgan fingerprint density at radius 1 is 1.37 bits per heavy atom. The van der Waals surface area contributed by atoms with Crippen molar-refractivity contribution < 1.29 is 9.53 Å². The summed E-state index contributed by atoms with van der Waals surface area (Å²) in [6.45, 7) is 5.42. The van der Waals surface area contributed by atoms with Crippen LogP contribution in [0.1, 0.15) is 20.8 Å². The molecule has 1 aromatic carbocycles. The molecule has 1 heterocycles. The Kier molecular flexibility index (Phi) is 3.19. The maximum atomic E-state index is 12.0. The van der Waals surface area contributed by atoms with Gasteiger partial charge in [0.1, 0.15) is 5.60 Å². The summed E-state index contributed by atoms with van der Waals surface area (Å²) in [7, 11) is 0. The van der Waals surface area contributed by atoms with Crippen molar-refractivity contribution in [1.29, 1.82) is 0 Å². The molecule has 19 heavy (non-hydrogen) atoms. The number of aromatic nitrogens is 1. The van der Waals surface area contributed by atoms with Gasteiger partial charge < -0.3 is 4.74 Å². The molecule has 0 bridgehead atoms. The van der Waals surface area contributed by atoms with Crippen LogP contribution in [-0.4, -0.2) is 16.3 Å². The molecule has 0 saturated carbocycles. The molecule has 6 nitrogen and oxygen atoms in total. The van der Waals surface area contributed by atoms with Crippen LogP contribution < -0.4 is 0 Å². The quantitative estimate of drug-likeness (QED) is 0.432. The summed E-state index contributed by atoms with van der Waals surface area (Å²) in [5, 5.41) is 4.31. The van der Waals surface area contributed by atoms with Crippen LogP contribution in [0.3, 0.4) is 0 Å². The average Bonchev–Trinajstić information content (AvgIpc) is 2.72. The van der Waals surface area contributed by atoms with E-state index in [9.17, 15) is 4.79 Å². The first-order chi connectivity index (χ1) is 8.92. The SMILES string of the molecule is CC(C)(C)OC(=O)n1ccc2c(N=[N+]=[N-])cccc21. The van der Waals surface area contributed by atoms with Gasteiger partial charge in [-0.05, 0) is 38.4 Å². The molecule has 0 spiro atoms. The van der Waals surface area contributed by atoms with E-state index < -0.39 is 11.7 Å². The Balaban J connectivity index is 2.49. The number of hydrogen-bond acceptors (Lipinski definition) is 3. The molecular weight excluding hydrogens is 244 g/mol. The molecule has 0 N–H and O–H groups in total. The summed E-state index contributed by atoms with van der Waals surface area (Å²) in [5.74, 6) is 0. The van der Waals surface area contributed by atoms with Gasteiger partial charge in [-0.25, -0.2) is 4.79 Å². The Bertz CT molecular complexity index is 675. The fraction of sp³-hybridized carbons (Fsp3) is 0.308. The van der Waals surface area contributed by atoms with Crippen LogP contribution in [0.5, 0.6) is 0 Å². The van der Waals surface area contributed by atoms with Gasteiger partial charge in [-0.2, -0.15) is 0 Å². The molecule has 2 aromatic rings. The van der Waals surface area contributed by atoms with E-state index in [1.54, 1.807) is 30.5 Å². The molecule has 0 aliphatic rings. The van der Waals surface area contributed by atoms with Crippen molar-refractivity contribution in [2.24, 2.45) is 5.11 Å². The fourth-order valence-electron chi connectivity index (χ4n) is 1.76. The first-order valence-electron chi connectivity index (χ1n) is 5.81. The monoisotopic (exact) mass is 258 g/mol. The van der Waals surface area contributed by atoms with Crippen LogP contribution in [0.15, 0.2) is 35.6 Å². The molecule has 0 saturated heterocycles. The predicted octanol–water partition coefficient (Wildman–Crippen LogP) is 4.37. The molecule has 0 unspecified atom stereocenters. The van der Waals surface area contributed by atoms with Gasteiger partial charge in [0.15, 0.2) is 0 Å². The summed E-state index contributed by atoms with van der Waals surface area (Å²) in [4.78, 5) is 14.8. The smallest absolute Gasteiger partial charge is 0.418 e. The zero-order valence-corrected chi connectivity index (χ0v) is 11.0. The molecule has 0 aliphatic carbocycles. The fourth-order valence-corrected chi connectivity index (χ4v) is 1.76. The number of carbonyl (C=O) groups is 1. The van der Waals surface area contributed by atoms with Crippen LogP contribution >= 0.6 is 0 Å². The second-order valence-corrected chi connectivity index (χ2v) is 5.07. The lowest BCUT2D eigenvalue weighted by Gasteiger charge is -2.19. The van der Waals surface area contributed by atoms with E-state index in [0.717, 1.165) is 0 Å². The third-order valence-corrected chi connectivity index (χ3v) is 2.45. The Labute approximate surface area is 110 Å². The number of azide groups is 1. The van der Waals surface area contributed by atoms with Crippen molar-refractivity contribution in [3.05, 3.63) is 40.9 Å². The number of benzene rings is 1. The standard InChI is InChI=1S/C13H14N4O2/c1-13(2,3)19-12(18)17-8-7-9-10(15-16-14)5-4-6-11(9)17/h4-8H,1-3H3. The number of hydrogen-bond donors (Lipinski definition) is 0. The summed E-state index contributed by atoms with van der Waals surface area (Å²) in [5.41, 5.74) is 9.09. The first-order valence-corrected chi connectivity index (χ1v) is 5.81. The lowest BCUT2D eigenvalue weighted by Crippen LogP contribution is -2.26. The van der Waals surface area contributed by atoms with Gasteiger partial charge in [-0.3, -0.25) is 4.57 Å². The van der Waals surface area contributed by atoms with Crippen molar-refractivity contribution in [3.8, 4) is 0 Å². The van der Waals surface area contributed by atoms with E-state index in [-0.39, 0.29) is 0 Å². The highest BCUT2D eigenvalue weighted by Crippen LogP contribution is 2.27. The minimum atomic E-state index is -0.559. The number of nitrogens with zero attached hydrogens (tertiary/aromatic N) is 4. The van der Waals surface area contributed by atoms with Crippen LogP contribution in [-0.2, 0) is 4.74 Å². The molecule has 2 rings (SSSR count). The van der Waals surface area contributed by atoms with E-state index >= 15 is 0 Å². The van der Waals surface area contributed by atoms with Gasteiger partial charge >= 0.3 is 6.09 Å². The maximum Gasteiger partial charge on any atom is 0.418 e. The molecular formula is C13H14N4O2. The highest BCUT2D eigenvalue weighted by Gasteiger charge is 2.19. The summed E-state index contributed by atoms with van der Waals surface area (Å²) in [6.07, 6.45) is 1.15. The Morgan fingerprint density at radius 3 is 2.74 bits per heavy atom. The van der Waals surface area contributed by atoms with Crippen molar-refractivity contribution in [3.63, 3.8) is 0 Å². The summed E-state index contributed by atoms with van der Waals surface area (Å²) in [6, 6.07) is 6.92. The van der Waals surface area contributed by atoms with E-state index in [1.165, 1.54) is 4.57 Å². The molecule has 0 amide bonds. The lowest BCUT2D eigenvalue weighted by molar-refractivity contribution is 0.0544. The molecule has 98 valence electrons. The van der Waals surface area contributed by atoms with E-state index in [2.05, 4.69) is 10.0 Å². The molecule has 0 radical (unpaired) electrons. The number of rotatable bonds is 1. The third-order valence-electron chi connectivity index (χ3n) is 2.45. The van der Waals surface area contributed by atoms with Crippen molar-refractivity contribution >= 4 is 22.7 Å². The van der Waals surface area contributed by atoms with Gasteiger partial charge in [-0.1, -0.05) is 17.2 Å². The maximum absolute atomic E-state index is 12.0. The van der Waals surface area contributed by atoms with Crippen LogP contribution in [0.25, 0.3) is 21.3 Å². The van der Waals surface area contributed by atoms with Crippen LogP contribution in [0, 0.1) is 0 Å². The number of ether oxygens (including phenoxy) is 1. The topological polar surface area (TPSA) is 80.0 Å². The highest BCUT2D eigenvalue weighted by atomic mass is 16.6. The Hall–Kier alpha value is -2.46. The van der Waals surface area contributed by atoms with Gasteiger partial charge in [0.05, 0.1) is 5.52 Å². The molecule has 6 heteroatoms. The third kappa shape index (κ3) is 2.69. The first kappa shape index (κ1) is 13.0. The van der Waals surface area contributed by atoms with E-state index in [4.69, 9.17) is 10.3 Å². The minimum absolute atomic E-state index is 0.458. The normalized spacial score (nSPS) is 11.1. The Morgan fingerprint density at radius 2 is 2.11 bits per heavy atom. The van der Waals surface area contributed by atoms with Gasteiger partial charge in [0.2, 0.25) is 0 Å². The van der Waals surface area contributed by atoms with Gasteiger partial charge in [0, 0.05) is 22.2 Å². The second-order valence-electron chi connectivity index (χ2n) is 5.07. The lowest BCUT2D eigenvalue weighted by atomic mass is 10.2. The second kappa shape index (κ2) is 4.66. The van der Waals surface area contributed by atoms with E-state index in [0.29, 0.717) is 16.6 Å². The summed E-state index contributed by atoms with van der Waals surface area (Å²) >= 11 is 0. The molecule has 1 aromatic heterocycles. The molecule has 0 aliphatic heterocycles. The summed E-state index contributed by atoms with van der Waals surface area (Å²) < 4.78 is 6.71. The predicted molar refractivity (Wildman–Crippen MR) is 72.4 cm³/mol. The molecule has 0 atom stereocenters. The number of fused-ring (bicyclic) bond motifs is 1. The van der Waals surface area contributed by atoms with Crippen LogP contribution in [0.2, 0.25) is 0 Å². The largest absolute Gasteiger partial charge is 0.443 e. The van der Waals surface area contributed by atoms with Gasteiger partial charge in [0.25, 0.3) is 0 Å². The van der Waals surface area contributed by atoms with Crippen molar-refractivity contribution in [2.75, 3.05) is 0 Å². The van der Waals surface area contributed by atoms with E-state index in [1.807, 2.05) is 20.8 Å². The number of carbonyl (C=O) groups excluding carboxylic acids is 1. The van der Waals surface area contributed by atoms with Crippen LogP contribution in [0.4, 0.5) is 10.5 Å². The van der Waals surface area contributed by atoms with Crippen molar-refractivity contribution in [1.82, 2.24) is 4.57 Å². The molecule has 0 fully saturated rings. The van der Waals surface area contributed by atoms with Crippen molar-refractivity contribution in [2.45, 2.75) is 26.4 Å². The minimum Gasteiger partial charge on any atom is -0.443 e. The highest BCUT2D eigenvalue weighted by molar-refractivity contribution is 5.96. The zero-order valence-electron chi connectivity index (χ0n) is 11.0.